The maximum absolute atomic E-state index is 12.6. The van der Waals surface area contributed by atoms with E-state index in [2.05, 4.69) is 16.0 Å². The highest BCUT2D eigenvalue weighted by Gasteiger charge is 2.20. The van der Waals surface area contributed by atoms with Crippen molar-refractivity contribution in [2.45, 2.75) is 38.8 Å². The monoisotopic (exact) mass is 373 g/mol. The largest absolute Gasteiger partial charge is 0.384 e. The van der Waals surface area contributed by atoms with Crippen LogP contribution in [0.4, 0.5) is 5.82 Å². The number of anilines is 1. The summed E-state index contributed by atoms with van der Waals surface area (Å²) in [5, 5.41) is 9.71. The third-order valence-electron chi connectivity index (χ3n) is 3.73. The van der Waals surface area contributed by atoms with Gasteiger partial charge in [0, 0.05) is 12.2 Å². The number of H-pyrrole nitrogens is 1. The van der Waals surface area contributed by atoms with Gasteiger partial charge in [0.15, 0.2) is 5.78 Å². The number of pyridine rings is 1. The molecule has 0 aromatic carbocycles. The van der Waals surface area contributed by atoms with Crippen molar-refractivity contribution in [3.8, 4) is 6.07 Å². The van der Waals surface area contributed by atoms with Crippen molar-refractivity contribution in [1.29, 1.82) is 5.26 Å². The minimum Gasteiger partial charge on any atom is -0.384 e. The maximum atomic E-state index is 12.6. The van der Waals surface area contributed by atoms with Crippen LogP contribution < -0.4 is 17.0 Å². The van der Waals surface area contributed by atoms with Gasteiger partial charge in [-0.05, 0) is 31.9 Å². The van der Waals surface area contributed by atoms with Gasteiger partial charge in [0.2, 0.25) is 0 Å². The van der Waals surface area contributed by atoms with E-state index in [4.69, 9.17) is 5.73 Å². The summed E-state index contributed by atoms with van der Waals surface area (Å²) < 4.78 is 1.18. The van der Waals surface area contributed by atoms with Crippen molar-refractivity contribution in [2.75, 3.05) is 11.5 Å². The van der Waals surface area contributed by atoms with E-state index in [-0.39, 0.29) is 17.1 Å². The first-order valence-corrected chi connectivity index (χ1v) is 8.95. The fourth-order valence-electron chi connectivity index (χ4n) is 2.55. The highest BCUT2D eigenvalue weighted by atomic mass is 32.2. The van der Waals surface area contributed by atoms with Crippen LogP contribution in [0.3, 0.4) is 0 Å². The minimum atomic E-state index is -0.806. The fourth-order valence-corrected chi connectivity index (χ4v) is 3.52. The number of carbonyl (C=O) groups excluding carboxylic acids is 1. The molecular formula is C17H19N5O3S. The number of carbonyl (C=O) groups is 1. The molecule has 0 aliphatic carbocycles. The van der Waals surface area contributed by atoms with Gasteiger partial charge in [0.25, 0.3) is 5.56 Å². The molecule has 0 atom stereocenters. The first-order chi connectivity index (χ1) is 12.3. The van der Waals surface area contributed by atoms with Crippen molar-refractivity contribution < 1.29 is 4.79 Å². The lowest BCUT2D eigenvalue weighted by Gasteiger charge is -2.11. The number of aryl methyl sites for hydroxylation is 2. The van der Waals surface area contributed by atoms with Crippen LogP contribution in [-0.4, -0.2) is 26.1 Å². The van der Waals surface area contributed by atoms with E-state index in [0.717, 1.165) is 23.0 Å². The molecule has 2 rings (SSSR count). The van der Waals surface area contributed by atoms with Gasteiger partial charge in [0.1, 0.15) is 22.5 Å². The van der Waals surface area contributed by atoms with Crippen LogP contribution >= 0.6 is 11.8 Å². The number of aromatic amines is 1. The quantitative estimate of drug-likeness (QED) is 0.577. The number of ketones is 1. The summed E-state index contributed by atoms with van der Waals surface area (Å²) in [5.74, 6) is -0.786. The van der Waals surface area contributed by atoms with Crippen molar-refractivity contribution in [3.63, 3.8) is 0 Å². The number of nitrogens with zero attached hydrogens (tertiary/aromatic N) is 3. The van der Waals surface area contributed by atoms with Crippen LogP contribution in [-0.2, 0) is 6.54 Å². The molecule has 0 aliphatic heterocycles. The summed E-state index contributed by atoms with van der Waals surface area (Å²) >= 11 is 1.06. The van der Waals surface area contributed by atoms with Crippen LogP contribution in [0.1, 0.15) is 40.5 Å². The molecule has 0 radical (unpaired) electrons. The van der Waals surface area contributed by atoms with Gasteiger partial charge < -0.3 is 5.73 Å². The Morgan fingerprint density at radius 2 is 2.12 bits per heavy atom. The molecule has 2 aromatic rings. The van der Waals surface area contributed by atoms with Gasteiger partial charge in [-0.3, -0.25) is 19.1 Å². The Labute approximate surface area is 154 Å². The summed E-state index contributed by atoms with van der Waals surface area (Å²) in [7, 11) is 0. The topological polar surface area (TPSA) is 135 Å². The normalized spacial score (nSPS) is 10.5. The number of nitrogen functional groups attached to an aromatic ring is 1. The molecular weight excluding hydrogens is 354 g/mol. The number of nitriles is 1. The minimum absolute atomic E-state index is 0.123. The van der Waals surface area contributed by atoms with E-state index in [1.807, 2.05) is 6.92 Å². The number of nitrogens with two attached hydrogens (primary N) is 1. The second kappa shape index (κ2) is 8.01. The Kier molecular flexibility index (Phi) is 6.00. The molecule has 136 valence electrons. The van der Waals surface area contributed by atoms with E-state index < -0.39 is 17.0 Å². The van der Waals surface area contributed by atoms with Crippen LogP contribution in [0.15, 0.2) is 20.7 Å². The standard InChI is InChI=1S/C17H19N5O3S/c1-4-5-22-14(19)13(15(24)21-17(22)25)12(23)8-26-16-11(7-18)9(2)6-10(3)20-16/h6H,4-5,8,19H2,1-3H3,(H,21,24,25). The van der Waals surface area contributed by atoms with Crippen LogP contribution in [0.25, 0.3) is 0 Å². The molecule has 0 aliphatic rings. The Bertz CT molecular complexity index is 1020. The second-order valence-electron chi connectivity index (χ2n) is 5.76. The Morgan fingerprint density at radius 3 is 2.73 bits per heavy atom. The predicted octanol–water partition coefficient (Wildman–Crippen LogP) is 1.39. The first kappa shape index (κ1) is 19.5. The molecule has 0 fully saturated rings. The summed E-state index contributed by atoms with van der Waals surface area (Å²) in [6.07, 6.45) is 0.622. The van der Waals surface area contributed by atoms with Crippen molar-refractivity contribution in [3.05, 3.63) is 49.3 Å². The van der Waals surface area contributed by atoms with E-state index in [1.54, 1.807) is 19.9 Å². The van der Waals surface area contributed by atoms with Crippen LogP contribution in [0.2, 0.25) is 0 Å². The van der Waals surface area contributed by atoms with Crippen molar-refractivity contribution >= 4 is 23.4 Å². The number of nitrogens with one attached hydrogen (secondary N) is 1. The molecule has 0 saturated heterocycles. The summed E-state index contributed by atoms with van der Waals surface area (Å²) in [5.41, 5.74) is 6.09. The molecule has 8 nitrogen and oxygen atoms in total. The summed E-state index contributed by atoms with van der Waals surface area (Å²) in [6, 6.07) is 3.86. The van der Waals surface area contributed by atoms with Gasteiger partial charge in [-0.1, -0.05) is 18.7 Å². The van der Waals surface area contributed by atoms with Gasteiger partial charge in [0.05, 0.1) is 11.3 Å². The number of thioether (sulfide) groups is 1. The zero-order chi connectivity index (χ0) is 19.4. The third-order valence-corrected chi connectivity index (χ3v) is 4.70. The third kappa shape index (κ3) is 3.86. The molecule has 0 spiro atoms. The Morgan fingerprint density at radius 1 is 1.42 bits per heavy atom. The van der Waals surface area contributed by atoms with Gasteiger partial charge in [-0.15, -0.1) is 0 Å². The highest BCUT2D eigenvalue weighted by molar-refractivity contribution is 8.00. The highest BCUT2D eigenvalue weighted by Crippen LogP contribution is 2.24. The summed E-state index contributed by atoms with van der Waals surface area (Å²) in [6.45, 7) is 5.74. The number of rotatable bonds is 6. The van der Waals surface area contributed by atoms with Crippen molar-refractivity contribution in [1.82, 2.24) is 14.5 Å². The lowest BCUT2D eigenvalue weighted by Crippen LogP contribution is -2.36. The summed E-state index contributed by atoms with van der Waals surface area (Å²) in [4.78, 5) is 42.9. The predicted molar refractivity (Wildman–Crippen MR) is 99.5 cm³/mol. The number of aromatic nitrogens is 3. The van der Waals surface area contributed by atoms with Gasteiger partial charge in [-0.25, -0.2) is 9.78 Å². The van der Waals surface area contributed by atoms with Crippen LogP contribution in [0, 0.1) is 25.2 Å². The van der Waals surface area contributed by atoms with E-state index >= 15 is 0 Å². The van der Waals surface area contributed by atoms with Gasteiger partial charge in [-0.2, -0.15) is 5.26 Å². The zero-order valence-corrected chi connectivity index (χ0v) is 15.6. The molecule has 3 N–H and O–H groups in total. The molecule has 0 bridgehead atoms. The Hall–Kier alpha value is -2.86. The fraction of sp³-hybridized carbons (Fsp3) is 0.353. The second-order valence-corrected chi connectivity index (χ2v) is 6.72. The molecule has 2 aromatic heterocycles. The molecule has 26 heavy (non-hydrogen) atoms. The lowest BCUT2D eigenvalue weighted by molar-refractivity contribution is 0.102. The van der Waals surface area contributed by atoms with E-state index in [1.165, 1.54) is 4.57 Å². The molecule has 0 saturated carbocycles. The van der Waals surface area contributed by atoms with Crippen LogP contribution in [0.5, 0.6) is 0 Å². The smallest absolute Gasteiger partial charge is 0.329 e. The molecule has 0 amide bonds. The first-order valence-electron chi connectivity index (χ1n) is 7.97. The number of Topliss-reactive ketones (excluding diaryl/α,β-unsaturated/α-hetero) is 1. The average Bonchev–Trinajstić information content (AvgIpc) is 2.56. The van der Waals surface area contributed by atoms with E-state index in [9.17, 15) is 19.6 Å². The molecule has 9 heteroatoms. The maximum Gasteiger partial charge on any atom is 0.329 e. The zero-order valence-electron chi connectivity index (χ0n) is 14.8. The molecule has 0 unspecified atom stereocenters. The van der Waals surface area contributed by atoms with E-state index in [0.29, 0.717) is 23.6 Å². The average molecular weight is 373 g/mol. The van der Waals surface area contributed by atoms with Crippen molar-refractivity contribution in [2.24, 2.45) is 0 Å². The number of hydrogen-bond donors (Lipinski definition) is 2. The SMILES string of the molecule is CCCn1c(N)c(C(=O)CSc2nc(C)cc(C)c2C#N)c(=O)[nH]c1=O. The lowest BCUT2D eigenvalue weighted by atomic mass is 10.1. The molecule has 2 heterocycles. The van der Waals surface area contributed by atoms with Gasteiger partial charge >= 0.3 is 5.69 Å². The Balaban J connectivity index is 2.36. The number of hydrogen-bond acceptors (Lipinski definition) is 7.